The van der Waals surface area contributed by atoms with E-state index in [4.69, 9.17) is 5.73 Å². The number of nitrogens with zero attached hydrogens (tertiary/aromatic N) is 3. The Morgan fingerprint density at radius 3 is 2.72 bits per heavy atom. The zero-order valence-electron chi connectivity index (χ0n) is 13.7. The Morgan fingerprint density at radius 2 is 2.08 bits per heavy atom. The molecule has 0 spiro atoms. The van der Waals surface area contributed by atoms with Crippen LogP contribution in [-0.2, 0) is 6.61 Å². The highest BCUT2D eigenvalue weighted by molar-refractivity contribution is 6.03. The van der Waals surface area contributed by atoms with Crippen molar-refractivity contribution in [1.82, 2.24) is 15.0 Å². The highest BCUT2D eigenvalue weighted by Gasteiger charge is 2.37. The molecule has 0 radical (unpaired) electrons. The average molecular weight is 368 g/mol. The van der Waals surface area contributed by atoms with E-state index in [-0.39, 0.29) is 54.5 Å². The third-order valence-corrected chi connectivity index (χ3v) is 4.12. The number of Topliss-reactive ketones (excluding diaryl/α,β-unsaturated/α-hetero) is 1. The maximum absolute atomic E-state index is 13.5. The van der Waals surface area contributed by atoms with Gasteiger partial charge in [0.1, 0.15) is 0 Å². The molecule has 3 rings (SSSR count). The fraction of sp³-hybridized carbons (Fsp3) is 0.375. The number of carbonyl (C=O) groups excluding carboxylic acids is 1. The smallest absolute Gasteiger partial charge is 0.228 e. The van der Waals surface area contributed by atoms with Gasteiger partial charge >= 0.3 is 0 Å². The van der Waals surface area contributed by atoms with Gasteiger partial charge in [-0.1, -0.05) is 25.1 Å². The number of nitrogen functional groups attached to an aromatic ring is 1. The van der Waals surface area contributed by atoms with E-state index in [0.717, 1.165) is 5.56 Å². The minimum Gasteiger partial charge on any atom is -0.392 e. The molecule has 0 amide bonds. The number of aliphatic hydroxyl groups excluding tert-OH is 1. The van der Waals surface area contributed by atoms with Crippen molar-refractivity contribution >= 4 is 30.1 Å². The number of hydrogen-bond acceptors (Lipinski definition) is 7. The lowest BCUT2D eigenvalue weighted by Gasteiger charge is -2.18. The quantitative estimate of drug-likeness (QED) is 0.760. The van der Waals surface area contributed by atoms with Crippen molar-refractivity contribution in [2.24, 2.45) is 5.92 Å². The largest absolute Gasteiger partial charge is 0.392 e. The first-order valence-corrected chi connectivity index (χ1v) is 7.60. The second-order valence-electron chi connectivity index (χ2n) is 5.85. The Hall–Kier alpha value is -2.32. The minimum atomic E-state index is -1.38. The summed E-state index contributed by atoms with van der Waals surface area (Å²) < 4.78 is 13.5. The maximum Gasteiger partial charge on any atom is 0.228 e. The Balaban J connectivity index is 0.00000225. The maximum atomic E-state index is 13.5. The molecule has 0 saturated carbocycles. The predicted molar refractivity (Wildman–Crippen MR) is 93.2 cm³/mol. The number of halogens is 2. The summed E-state index contributed by atoms with van der Waals surface area (Å²) in [5.41, 5.74) is 7.66. The number of ketones is 1. The number of benzene rings is 1. The average Bonchev–Trinajstić information content (AvgIpc) is 2.79. The number of nitrogens with one attached hydrogen (secondary N) is 1. The highest BCUT2D eigenvalue weighted by atomic mass is 35.5. The Labute approximate surface area is 150 Å². The van der Waals surface area contributed by atoms with Gasteiger partial charge in [0.05, 0.1) is 12.6 Å². The first kappa shape index (κ1) is 19.0. The third-order valence-electron chi connectivity index (χ3n) is 4.12. The number of aliphatic hydroxyl groups is 1. The van der Waals surface area contributed by atoms with Crippen molar-refractivity contribution < 1.29 is 14.3 Å². The molecule has 0 saturated heterocycles. The molecule has 3 atom stereocenters. The monoisotopic (exact) mass is 367 g/mol. The molecule has 7 nitrogen and oxygen atoms in total. The van der Waals surface area contributed by atoms with Gasteiger partial charge in [-0.25, -0.2) is 4.39 Å². The summed E-state index contributed by atoms with van der Waals surface area (Å²) in [7, 11) is 0. The minimum absolute atomic E-state index is 0. The molecule has 134 valence electrons. The van der Waals surface area contributed by atoms with Gasteiger partial charge in [-0.3, -0.25) is 4.79 Å². The Bertz CT molecular complexity index is 802. The molecule has 1 aromatic carbocycles. The third kappa shape index (κ3) is 3.54. The van der Waals surface area contributed by atoms with Crippen LogP contribution >= 0.6 is 12.4 Å². The van der Waals surface area contributed by atoms with Gasteiger partial charge in [0.2, 0.25) is 11.9 Å². The summed E-state index contributed by atoms with van der Waals surface area (Å²) >= 11 is 0. The Kier molecular flexibility index (Phi) is 5.54. The van der Waals surface area contributed by atoms with Crippen LogP contribution in [-0.4, -0.2) is 25.8 Å². The summed E-state index contributed by atoms with van der Waals surface area (Å²) in [6, 6.07) is 4.81. The lowest BCUT2D eigenvalue weighted by atomic mass is 10.0. The van der Waals surface area contributed by atoms with Crippen LogP contribution < -0.4 is 11.1 Å². The summed E-state index contributed by atoms with van der Waals surface area (Å²) in [6.45, 7) is 2.98. The molecule has 9 heteroatoms. The number of carbonyl (C=O) groups is 1. The molecule has 0 aliphatic heterocycles. The van der Waals surface area contributed by atoms with E-state index < -0.39 is 6.17 Å². The van der Waals surface area contributed by atoms with E-state index in [0.29, 0.717) is 11.1 Å². The lowest BCUT2D eigenvalue weighted by Crippen LogP contribution is -2.20. The number of rotatable bonds is 4. The van der Waals surface area contributed by atoms with Gasteiger partial charge in [-0.15, -0.1) is 12.4 Å². The first-order valence-electron chi connectivity index (χ1n) is 7.60. The number of alkyl halides is 1. The molecule has 4 N–H and O–H groups in total. The molecule has 1 aromatic heterocycles. The van der Waals surface area contributed by atoms with Crippen molar-refractivity contribution in [2.75, 3.05) is 11.1 Å². The van der Waals surface area contributed by atoms with Crippen molar-refractivity contribution in [3.63, 3.8) is 0 Å². The van der Waals surface area contributed by atoms with Crippen LogP contribution in [0.1, 0.15) is 53.4 Å². The van der Waals surface area contributed by atoms with Crippen LogP contribution in [0.3, 0.4) is 0 Å². The van der Waals surface area contributed by atoms with E-state index in [1.54, 1.807) is 25.1 Å². The van der Waals surface area contributed by atoms with Gasteiger partial charge in [0.15, 0.2) is 17.8 Å². The van der Waals surface area contributed by atoms with Crippen LogP contribution in [0.2, 0.25) is 0 Å². The van der Waals surface area contributed by atoms with E-state index >= 15 is 0 Å². The molecule has 2 aromatic rings. The van der Waals surface area contributed by atoms with Crippen LogP contribution in [0.4, 0.5) is 16.3 Å². The van der Waals surface area contributed by atoms with E-state index in [2.05, 4.69) is 20.3 Å². The van der Waals surface area contributed by atoms with Gasteiger partial charge in [-0.05, 0) is 18.1 Å². The van der Waals surface area contributed by atoms with Gasteiger partial charge in [-0.2, -0.15) is 15.0 Å². The number of nitrogens with two attached hydrogens (primary N) is 1. The second-order valence-corrected chi connectivity index (χ2v) is 5.85. The van der Waals surface area contributed by atoms with Gasteiger partial charge in [0.25, 0.3) is 0 Å². The Morgan fingerprint density at radius 1 is 1.36 bits per heavy atom. The first-order chi connectivity index (χ1) is 11.4. The summed E-state index contributed by atoms with van der Waals surface area (Å²) in [5.74, 6) is -0.389. The number of hydrogen-bond donors (Lipinski definition) is 3. The summed E-state index contributed by atoms with van der Waals surface area (Å²) in [6.07, 6.45) is -1.38. The molecule has 1 heterocycles. The lowest BCUT2D eigenvalue weighted by molar-refractivity contribution is 0.0938. The molecular formula is C16H19ClFN5O2. The zero-order valence-corrected chi connectivity index (χ0v) is 14.5. The SMILES string of the molecule is CC(F)c1nc(N)nc(N[C@H]2c3cc(CO)ccc3C(=O)[C@@H]2C)n1.Cl. The number of aromatic nitrogens is 3. The number of anilines is 2. The molecule has 1 aliphatic carbocycles. The van der Waals surface area contributed by atoms with Gasteiger partial charge in [0, 0.05) is 11.5 Å². The molecule has 25 heavy (non-hydrogen) atoms. The van der Waals surface area contributed by atoms with Crippen LogP contribution in [0, 0.1) is 5.92 Å². The molecule has 0 fully saturated rings. The zero-order chi connectivity index (χ0) is 17.4. The van der Waals surface area contributed by atoms with E-state index in [9.17, 15) is 14.3 Å². The van der Waals surface area contributed by atoms with Crippen molar-refractivity contribution in [1.29, 1.82) is 0 Å². The van der Waals surface area contributed by atoms with Crippen molar-refractivity contribution in [2.45, 2.75) is 32.7 Å². The van der Waals surface area contributed by atoms with Gasteiger partial charge < -0.3 is 16.2 Å². The molecular weight excluding hydrogens is 349 g/mol. The normalized spacial score (nSPS) is 19.9. The number of fused-ring (bicyclic) bond motifs is 1. The summed E-state index contributed by atoms with van der Waals surface area (Å²) in [4.78, 5) is 24.1. The van der Waals surface area contributed by atoms with E-state index in [1.807, 2.05) is 0 Å². The fourth-order valence-electron chi connectivity index (χ4n) is 2.85. The van der Waals surface area contributed by atoms with Crippen LogP contribution in [0.15, 0.2) is 18.2 Å². The summed E-state index contributed by atoms with van der Waals surface area (Å²) in [5, 5.41) is 12.4. The van der Waals surface area contributed by atoms with Crippen molar-refractivity contribution in [3.05, 3.63) is 40.7 Å². The topological polar surface area (TPSA) is 114 Å². The molecule has 0 bridgehead atoms. The molecule has 1 aliphatic rings. The second kappa shape index (κ2) is 7.28. The van der Waals surface area contributed by atoms with Crippen molar-refractivity contribution in [3.8, 4) is 0 Å². The molecule has 1 unspecified atom stereocenters. The fourth-order valence-corrected chi connectivity index (χ4v) is 2.85. The van der Waals surface area contributed by atoms with E-state index in [1.165, 1.54) is 6.92 Å². The van der Waals surface area contributed by atoms with Crippen LogP contribution in [0.5, 0.6) is 0 Å². The highest BCUT2D eigenvalue weighted by Crippen LogP contribution is 2.38. The predicted octanol–water partition coefficient (Wildman–Crippen LogP) is 2.38. The standard InChI is InChI=1S/C16H18FN5O2.ClH/c1-7-12(11-5-9(6-23)3-4-10(11)13(7)24)19-16-21-14(8(2)17)20-15(18)22-16;/h3-5,7-8,12,23H,6H2,1-2H3,(H3,18,19,20,21,22);1H/t7-,8?,12-;/m1./s1. The van der Waals surface area contributed by atoms with Crippen LogP contribution in [0.25, 0.3) is 0 Å².